The first-order valence-electron chi connectivity index (χ1n) is 24.8. The molecule has 0 unspecified atom stereocenters. The lowest BCUT2D eigenvalue weighted by Gasteiger charge is -2.46. The molecule has 1 N–H and O–H groups in total. The molecule has 1 aromatic heterocycles. The molecule has 10 rings (SSSR count). The van der Waals surface area contributed by atoms with Gasteiger partial charge in [0.15, 0.2) is 0 Å². The minimum absolute atomic E-state index is 0.0207. The van der Waals surface area contributed by atoms with E-state index < -0.39 is 59.4 Å². The zero-order chi connectivity index (χ0) is 51.2. The summed E-state index contributed by atoms with van der Waals surface area (Å²) in [6.45, 7) is 1.83. The molecule has 0 aliphatic carbocycles. The number of aromatic nitrogens is 2. The van der Waals surface area contributed by atoms with E-state index in [-0.39, 0.29) is 45.2 Å². The summed E-state index contributed by atoms with van der Waals surface area (Å²) >= 11 is 0. The van der Waals surface area contributed by atoms with Gasteiger partial charge < -0.3 is 33.9 Å². The van der Waals surface area contributed by atoms with Crippen LogP contribution < -0.4 is 14.5 Å². The third-order valence-corrected chi connectivity index (χ3v) is 14.3. The Kier molecular flexibility index (Phi) is 14.8. The average molecular weight is 996 g/mol. The molecular weight excluding hydrogens is 939 g/mol. The number of carbonyl (C=O) groups is 4. The van der Waals surface area contributed by atoms with E-state index in [1.54, 1.807) is 59.8 Å². The highest BCUT2D eigenvalue weighted by molar-refractivity contribution is 6.23. The number of benzene rings is 5. The van der Waals surface area contributed by atoms with Crippen LogP contribution in [0.3, 0.4) is 0 Å². The molecule has 0 radical (unpaired) electrons. The summed E-state index contributed by atoms with van der Waals surface area (Å²) in [5, 5.41) is 9.89. The van der Waals surface area contributed by atoms with Crippen LogP contribution in [0.4, 0.5) is 16.4 Å². The molecule has 0 bridgehead atoms. The van der Waals surface area contributed by atoms with Crippen molar-refractivity contribution in [2.24, 2.45) is 5.92 Å². The van der Waals surface area contributed by atoms with Gasteiger partial charge in [-0.25, -0.2) is 19.7 Å². The first kappa shape index (κ1) is 49.6. The summed E-state index contributed by atoms with van der Waals surface area (Å²) in [4.78, 5) is 81.1. The minimum atomic E-state index is -2.04. The molecular formula is C58H57N7O9. The van der Waals surface area contributed by atoms with Crippen molar-refractivity contribution >= 4 is 35.5 Å². The highest BCUT2D eigenvalue weighted by atomic mass is 16.6. The minimum Gasteiger partial charge on any atom is -0.491 e. The van der Waals surface area contributed by atoms with Crippen molar-refractivity contribution in [3.8, 4) is 17.6 Å². The molecule has 4 aliphatic heterocycles. The topological polar surface area (TPSA) is 167 Å². The van der Waals surface area contributed by atoms with Crippen LogP contribution in [0, 0.1) is 17.8 Å². The Labute approximate surface area is 430 Å². The lowest BCUT2D eigenvalue weighted by Crippen LogP contribution is -2.59. The van der Waals surface area contributed by atoms with E-state index in [0.29, 0.717) is 60.1 Å². The van der Waals surface area contributed by atoms with Gasteiger partial charge in [-0.2, -0.15) is 0 Å². The molecule has 1 spiro atoms. The van der Waals surface area contributed by atoms with Crippen LogP contribution in [0.15, 0.2) is 152 Å². The molecule has 5 heterocycles. The second-order valence-electron chi connectivity index (χ2n) is 18.7. The summed E-state index contributed by atoms with van der Waals surface area (Å²) in [6.07, 6.45) is 1.44. The van der Waals surface area contributed by atoms with Gasteiger partial charge in [-0.1, -0.05) is 115 Å². The SMILES string of the molecule is COCCOC(=O)N1C(=O)[C@@]2(c3cc(C#CCN(C)Cc4ccccc4)ccc31)[C@H](C(=O)N1CCN(c3ncccn3)CC1)[C@H]1C(=O)O[C@H](c3ccccc3)[C@H](c3ccccc3)N1[C@@H]2c1cccc(OCCO)c1. The maximum atomic E-state index is 16.7. The molecule has 378 valence electrons. The Morgan fingerprint density at radius 2 is 1.47 bits per heavy atom. The predicted molar refractivity (Wildman–Crippen MR) is 275 cm³/mol. The second-order valence-corrected chi connectivity index (χ2v) is 18.7. The van der Waals surface area contributed by atoms with Crippen LogP contribution in [-0.2, 0) is 40.6 Å². The predicted octanol–water partition coefficient (Wildman–Crippen LogP) is 6.13. The number of imide groups is 1. The van der Waals surface area contributed by atoms with Crippen LogP contribution in [-0.4, -0.2) is 133 Å². The van der Waals surface area contributed by atoms with Gasteiger partial charge in [0.2, 0.25) is 17.8 Å². The fraction of sp³-hybridized carbons (Fsp3) is 0.310. The van der Waals surface area contributed by atoms with Crippen LogP contribution >= 0.6 is 0 Å². The summed E-state index contributed by atoms with van der Waals surface area (Å²) in [5.74, 6) is 4.12. The standard InChI is InChI=1S/C58H57N7O9/c1-61(39-41-15-6-3-7-16-41)28-13-17-40-24-25-47-46(37-40)58(55(69)64(47)57(70)73-36-35-71-2)48(53(67)62-29-31-63(32-30-62)56-59-26-14-27-60-56)50-54(68)74-51(43-20-10-5-11-21-43)49(42-18-8-4-9-19-42)65(50)52(58)44-22-12-23-45(38-44)72-34-33-66/h3-12,14-16,18-27,37-38,48-52,66H,28-36,39H2,1-2H3/t48-,49-,50-,51+,52+,58-/m0/s1. The monoisotopic (exact) mass is 995 g/mol. The number of carbonyl (C=O) groups excluding carboxylic acids is 4. The van der Waals surface area contributed by atoms with E-state index in [1.807, 2.05) is 102 Å². The van der Waals surface area contributed by atoms with Crippen molar-refractivity contribution in [2.75, 3.05) is 83.1 Å². The summed E-state index contributed by atoms with van der Waals surface area (Å²) in [5.41, 5.74) is 2.11. The van der Waals surface area contributed by atoms with E-state index >= 15 is 14.4 Å². The second kappa shape index (κ2) is 22.0. The quantitative estimate of drug-likeness (QED) is 0.0753. The number of piperazine rings is 1. The van der Waals surface area contributed by atoms with Gasteiger partial charge in [0, 0.05) is 57.8 Å². The van der Waals surface area contributed by atoms with Gasteiger partial charge in [-0.15, -0.1) is 0 Å². The molecule has 16 heteroatoms. The van der Waals surface area contributed by atoms with E-state index in [9.17, 15) is 9.90 Å². The number of anilines is 2. The third-order valence-electron chi connectivity index (χ3n) is 14.3. The van der Waals surface area contributed by atoms with Crippen molar-refractivity contribution in [3.63, 3.8) is 0 Å². The number of nitrogens with zero attached hydrogens (tertiary/aromatic N) is 7. The molecule has 4 aliphatic rings. The summed E-state index contributed by atoms with van der Waals surface area (Å²) in [7, 11) is 3.46. The smallest absolute Gasteiger partial charge is 0.421 e. The average Bonchev–Trinajstić information content (AvgIpc) is 3.89. The maximum absolute atomic E-state index is 16.7. The van der Waals surface area contributed by atoms with Crippen molar-refractivity contribution in [1.29, 1.82) is 0 Å². The Hall–Kier alpha value is -7.94. The van der Waals surface area contributed by atoms with Gasteiger partial charge in [-0.3, -0.25) is 24.2 Å². The van der Waals surface area contributed by atoms with Crippen LogP contribution in [0.2, 0.25) is 0 Å². The lowest BCUT2D eigenvalue weighted by molar-refractivity contribution is -0.179. The molecule has 6 atom stereocenters. The van der Waals surface area contributed by atoms with Gasteiger partial charge in [0.05, 0.1) is 43.4 Å². The van der Waals surface area contributed by atoms with Crippen molar-refractivity contribution in [1.82, 2.24) is 24.7 Å². The summed E-state index contributed by atoms with van der Waals surface area (Å²) in [6, 6.07) is 39.9. The van der Waals surface area contributed by atoms with Crippen molar-refractivity contribution in [2.45, 2.75) is 36.2 Å². The number of cyclic esters (lactones) is 1. The van der Waals surface area contributed by atoms with E-state index in [0.717, 1.165) is 16.0 Å². The molecule has 3 saturated heterocycles. The van der Waals surface area contributed by atoms with Gasteiger partial charge in [0.25, 0.3) is 0 Å². The number of ether oxygens (including phenoxy) is 4. The van der Waals surface area contributed by atoms with Crippen LogP contribution in [0.25, 0.3) is 0 Å². The van der Waals surface area contributed by atoms with E-state index in [1.165, 1.54) is 7.11 Å². The molecule has 3 fully saturated rings. The van der Waals surface area contributed by atoms with Crippen LogP contribution in [0.5, 0.6) is 5.75 Å². The fourth-order valence-electron chi connectivity index (χ4n) is 11.2. The zero-order valence-electron chi connectivity index (χ0n) is 41.2. The number of rotatable bonds is 14. The third kappa shape index (κ3) is 9.46. The Balaban J connectivity index is 1.21. The van der Waals surface area contributed by atoms with Gasteiger partial charge in [-0.05, 0) is 71.3 Å². The number of esters is 1. The normalized spacial score (nSPS) is 22.2. The number of morpholine rings is 1. The molecule has 3 amide bonds. The molecule has 6 aromatic rings. The van der Waals surface area contributed by atoms with Crippen LogP contribution in [0.1, 0.15) is 51.6 Å². The highest BCUT2D eigenvalue weighted by Gasteiger charge is 2.76. The molecule has 5 aromatic carbocycles. The van der Waals surface area contributed by atoms with Crippen molar-refractivity contribution in [3.05, 3.63) is 185 Å². The van der Waals surface area contributed by atoms with E-state index in [4.69, 9.17) is 18.9 Å². The first-order chi connectivity index (χ1) is 36.2. The number of aliphatic hydroxyl groups is 1. The Bertz CT molecular complexity index is 3020. The van der Waals surface area contributed by atoms with E-state index in [2.05, 4.69) is 38.8 Å². The number of fused-ring (bicyclic) bond motifs is 3. The number of methoxy groups -OCH3 is 1. The number of aliphatic hydroxyl groups excluding tert-OH is 1. The largest absolute Gasteiger partial charge is 0.491 e. The first-order valence-corrected chi connectivity index (χ1v) is 24.8. The summed E-state index contributed by atoms with van der Waals surface area (Å²) < 4.78 is 23.8. The van der Waals surface area contributed by atoms with Gasteiger partial charge >= 0.3 is 12.1 Å². The zero-order valence-corrected chi connectivity index (χ0v) is 41.2. The highest BCUT2D eigenvalue weighted by Crippen LogP contribution is 2.66. The Morgan fingerprint density at radius 1 is 0.784 bits per heavy atom. The fourth-order valence-corrected chi connectivity index (χ4v) is 11.2. The molecule has 74 heavy (non-hydrogen) atoms. The number of amides is 3. The molecule has 0 saturated carbocycles. The Morgan fingerprint density at radius 3 is 2.18 bits per heavy atom. The lowest BCUT2D eigenvalue weighted by atomic mass is 9.64. The maximum Gasteiger partial charge on any atom is 0.421 e. The number of hydrogen-bond donors (Lipinski definition) is 1. The molecule has 16 nitrogen and oxygen atoms in total. The number of hydrogen-bond acceptors (Lipinski definition) is 14. The van der Waals surface area contributed by atoms with Crippen molar-refractivity contribution < 1.29 is 43.2 Å². The van der Waals surface area contributed by atoms with Gasteiger partial charge in [0.1, 0.15) is 36.5 Å².